The summed E-state index contributed by atoms with van der Waals surface area (Å²) in [7, 11) is 3.60. The van der Waals surface area contributed by atoms with Crippen LogP contribution in [0.3, 0.4) is 0 Å². The normalized spacial score (nSPS) is 36.7. The Labute approximate surface area is 356 Å². The van der Waals surface area contributed by atoms with Crippen molar-refractivity contribution in [2.45, 2.75) is 148 Å². The third-order valence-corrected chi connectivity index (χ3v) is 12.2. The number of aliphatic hydroxyl groups excluding tert-OH is 2. The van der Waals surface area contributed by atoms with Crippen LogP contribution in [-0.2, 0) is 35.0 Å². The van der Waals surface area contributed by atoms with Gasteiger partial charge in [-0.2, -0.15) is 10.2 Å². The number of halogens is 3. The second-order valence-electron chi connectivity index (χ2n) is 17.7. The maximum absolute atomic E-state index is 14.2. The minimum Gasteiger partial charge on any atom is -0.461 e. The molecule has 2 aromatic rings. The number of ether oxygens (including phenoxy) is 4. The molecule has 0 saturated carbocycles. The average Bonchev–Trinajstić information content (AvgIpc) is 3.17. The molecule has 4 N–H and O–H groups in total. The molecule has 16 heteroatoms. The maximum Gasteiger partial charge on any atom is 0.312 e. The van der Waals surface area contributed by atoms with Gasteiger partial charge in [0.1, 0.15) is 41.4 Å². The second-order valence-corrected chi connectivity index (χ2v) is 17.7. The van der Waals surface area contributed by atoms with Crippen LogP contribution in [0.15, 0.2) is 52.7 Å². The highest BCUT2D eigenvalue weighted by molar-refractivity contribution is 5.99. The van der Waals surface area contributed by atoms with Gasteiger partial charge >= 0.3 is 11.9 Å². The van der Waals surface area contributed by atoms with Gasteiger partial charge in [0.15, 0.2) is 6.29 Å². The Balaban J connectivity index is 1.90. The van der Waals surface area contributed by atoms with E-state index in [9.17, 15) is 43.2 Å². The molecule has 2 saturated heterocycles. The molecular formula is C45H64F3N3O10. The summed E-state index contributed by atoms with van der Waals surface area (Å²) in [5, 5.41) is 57.2. The monoisotopic (exact) mass is 863 g/mol. The molecule has 0 bridgehead atoms. The lowest BCUT2D eigenvalue weighted by Gasteiger charge is -2.47. The van der Waals surface area contributed by atoms with E-state index in [1.165, 1.54) is 45.0 Å². The summed E-state index contributed by atoms with van der Waals surface area (Å²) in [6, 6.07) is 7.83. The molecule has 2 heterocycles. The first-order valence-corrected chi connectivity index (χ1v) is 20.9. The Hall–Kier alpha value is -3.77. The number of nitrogens with zero attached hydrogens (tertiary/aromatic N) is 3. The predicted octanol–water partition coefficient (Wildman–Crippen LogP) is 5.37. The topological polar surface area (TPSA) is 180 Å². The minimum absolute atomic E-state index is 0.0309. The Morgan fingerprint density at radius 2 is 1.56 bits per heavy atom. The van der Waals surface area contributed by atoms with Crippen molar-refractivity contribution >= 4 is 23.4 Å². The summed E-state index contributed by atoms with van der Waals surface area (Å²) in [6.45, 7) is 14.3. The number of esters is 2. The van der Waals surface area contributed by atoms with Crippen LogP contribution < -0.4 is 0 Å². The summed E-state index contributed by atoms with van der Waals surface area (Å²) in [5.74, 6) is -8.22. The molecule has 2 fully saturated rings. The quantitative estimate of drug-likeness (QED) is 0.145. The first-order valence-electron chi connectivity index (χ1n) is 20.9. The number of carbonyl (C=O) groups is 2. The van der Waals surface area contributed by atoms with Gasteiger partial charge in [0.05, 0.1) is 42.0 Å². The first kappa shape index (κ1) is 49.9. The molecule has 0 unspecified atom stereocenters. The van der Waals surface area contributed by atoms with Gasteiger partial charge in [0, 0.05) is 29.7 Å². The van der Waals surface area contributed by atoms with Gasteiger partial charge in [-0.1, -0.05) is 39.8 Å². The number of benzene rings is 2. The molecule has 0 aliphatic carbocycles. The van der Waals surface area contributed by atoms with Crippen LogP contribution >= 0.6 is 0 Å². The van der Waals surface area contributed by atoms with Crippen LogP contribution in [-0.4, -0.2) is 123 Å². The molecule has 2 aliphatic rings. The van der Waals surface area contributed by atoms with Crippen LogP contribution in [0.1, 0.15) is 92.7 Å². The van der Waals surface area contributed by atoms with Crippen LogP contribution in [0.2, 0.25) is 0 Å². The summed E-state index contributed by atoms with van der Waals surface area (Å²) < 4.78 is 66.7. The van der Waals surface area contributed by atoms with Crippen LogP contribution in [0, 0.1) is 41.1 Å². The fourth-order valence-electron chi connectivity index (χ4n) is 8.76. The molecular weight excluding hydrogens is 799 g/mol. The maximum atomic E-state index is 14.2. The van der Waals surface area contributed by atoms with E-state index < -0.39 is 120 Å². The minimum atomic E-state index is -2.08. The van der Waals surface area contributed by atoms with Gasteiger partial charge in [-0.3, -0.25) is 9.59 Å². The van der Waals surface area contributed by atoms with Gasteiger partial charge in [0.2, 0.25) is 0 Å². The van der Waals surface area contributed by atoms with E-state index in [1.807, 2.05) is 11.8 Å². The lowest BCUT2D eigenvalue weighted by atomic mass is 9.73. The third-order valence-electron chi connectivity index (χ3n) is 12.2. The molecule has 2 aromatic carbocycles. The Kier molecular flexibility index (Phi) is 16.9. The molecule has 0 amide bonds. The Morgan fingerprint density at radius 3 is 2.13 bits per heavy atom. The largest absolute Gasteiger partial charge is 0.461 e. The number of rotatable bonds is 9. The molecule has 0 spiro atoms. The van der Waals surface area contributed by atoms with Crippen molar-refractivity contribution in [1.29, 1.82) is 0 Å². The molecule has 0 aromatic heterocycles. The van der Waals surface area contributed by atoms with Crippen LogP contribution in [0.25, 0.3) is 0 Å². The van der Waals surface area contributed by atoms with Crippen molar-refractivity contribution in [3.05, 3.63) is 71.0 Å². The zero-order valence-electron chi connectivity index (χ0n) is 37.0. The van der Waals surface area contributed by atoms with Crippen molar-refractivity contribution < 1.29 is 62.1 Å². The van der Waals surface area contributed by atoms with E-state index in [4.69, 9.17) is 18.9 Å². The molecule has 61 heavy (non-hydrogen) atoms. The molecule has 4 rings (SSSR count). The number of hydrogen-bond donors (Lipinski definition) is 4. The molecule has 0 radical (unpaired) electrons. The van der Waals surface area contributed by atoms with E-state index in [1.54, 1.807) is 48.7 Å². The zero-order chi connectivity index (χ0) is 45.7. The summed E-state index contributed by atoms with van der Waals surface area (Å²) in [5.41, 5.74) is -2.81. The Bertz CT molecular complexity index is 1860. The van der Waals surface area contributed by atoms with E-state index in [-0.39, 0.29) is 24.1 Å². The highest BCUT2D eigenvalue weighted by Crippen LogP contribution is 2.39. The van der Waals surface area contributed by atoms with Crippen molar-refractivity contribution in [1.82, 2.24) is 4.90 Å². The fraction of sp³-hybridized carbons (Fsp3) is 0.644. The van der Waals surface area contributed by atoms with Gasteiger partial charge in [0.25, 0.3) is 0 Å². The van der Waals surface area contributed by atoms with Crippen LogP contribution in [0.4, 0.5) is 13.2 Å². The highest BCUT2D eigenvalue weighted by atomic mass is 19.1. The summed E-state index contributed by atoms with van der Waals surface area (Å²) in [6.07, 6.45) is -8.87. The number of carbonyl (C=O) groups excluding carboxylic acids is 2. The number of likely N-dealkylation sites (N-methyl/N-ethyl adjacent to an activating group) is 1. The number of aliphatic hydroxyl groups is 4. The molecule has 14 atom stereocenters. The fourth-order valence-corrected chi connectivity index (χ4v) is 8.76. The van der Waals surface area contributed by atoms with Crippen molar-refractivity contribution in [2.24, 2.45) is 33.9 Å². The molecule has 2 aliphatic heterocycles. The zero-order valence-corrected chi connectivity index (χ0v) is 37.0. The van der Waals surface area contributed by atoms with E-state index in [0.717, 1.165) is 12.1 Å². The summed E-state index contributed by atoms with van der Waals surface area (Å²) >= 11 is 0. The van der Waals surface area contributed by atoms with Crippen molar-refractivity contribution in [3.8, 4) is 0 Å². The van der Waals surface area contributed by atoms with E-state index in [2.05, 4.69) is 10.2 Å². The van der Waals surface area contributed by atoms with Gasteiger partial charge in [-0.15, -0.1) is 0 Å². The highest BCUT2D eigenvalue weighted by Gasteiger charge is 2.52. The lowest BCUT2D eigenvalue weighted by molar-refractivity contribution is -0.299. The van der Waals surface area contributed by atoms with Gasteiger partial charge < -0.3 is 44.3 Å². The third kappa shape index (κ3) is 12.2. The average molecular weight is 864 g/mol. The number of hydrogen-bond acceptors (Lipinski definition) is 13. The van der Waals surface area contributed by atoms with Crippen LogP contribution in [0.5, 0.6) is 0 Å². The smallest absolute Gasteiger partial charge is 0.312 e. The lowest BCUT2D eigenvalue weighted by Crippen LogP contribution is -2.60. The second kappa shape index (κ2) is 20.6. The van der Waals surface area contributed by atoms with E-state index in [0.29, 0.717) is 23.8 Å². The molecule has 13 nitrogen and oxygen atoms in total. The van der Waals surface area contributed by atoms with E-state index >= 15 is 0 Å². The predicted molar refractivity (Wildman–Crippen MR) is 222 cm³/mol. The SMILES string of the molecule is CC[C@H]1OC(=O)[C@H](C)[C@@H](OC(=O)Cc2cc(F)cc(F)c2)[C@H](C)[C@@H](O[C@@H]2O[C@H](C)C[C@H](N(C)C)[C@H]2O)[C@](C)(O)C[C@@H](C)/C(=N\N=C(/C)c2ccc(F)cc2)[C@H](C)[C@@H](O)[C@]1(C)O. The standard InChI is InChI=1S/C45H64F3N3O10/c1-12-35-45(9,57)40(54)25(4)37(50-49-28(7)30-13-15-31(46)16-14-30)23(2)22-44(8,56)41(61-43-38(53)34(51(10)11)17-24(3)58-43)26(5)39(27(6)42(55)59-35)60-36(52)20-29-18-32(47)21-33(48)19-29/h13-16,18-19,21,23-27,34-35,38-41,43,53-54,56-57H,12,17,20,22H2,1-11H3/b49-28+,50-37+/t23-,24-,25+,26+,27-,34+,35-,38-,39+,40-,41-,43+,44-,45-/m1/s1. The first-order chi connectivity index (χ1) is 28.4. The summed E-state index contributed by atoms with van der Waals surface area (Å²) in [4.78, 5) is 29.7. The van der Waals surface area contributed by atoms with Gasteiger partial charge in [-0.05, 0) is 109 Å². The van der Waals surface area contributed by atoms with Gasteiger partial charge in [-0.25, -0.2) is 13.2 Å². The number of cyclic esters (lactones) is 1. The molecule has 340 valence electrons. The van der Waals surface area contributed by atoms with Crippen molar-refractivity contribution in [2.75, 3.05) is 14.1 Å². The Morgan fingerprint density at radius 1 is 0.951 bits per heavy atom. The van der Waals surface area contributed by atoms with Crippen molar-refractivity contribution in [3.63, 3.8) is 0 Å².